The number of benzene rings is 1. The van der Waals surface area contributed by atoms with Crippen molar-refractivity contribution in [3.8, 4) is 17.2 Å². The van der Waals surface area contributed by atoms with E-state index in [9.17, 15) is 18.0 Å². The number of nitrogens with zero attached hydrogens (tertiary/aromatic N) is 4. The lowest BCUT2D eigenvalue weighted by Crippen LogP contribution is -2.05. The van der Waals surface area contributed by atoms with Gasteiger partial charge in [-0.1, -0.05) is 5.16 Å². The monoisotopic (exact) mass is 361 g/mol. The molecule has 1 N–H and O–H groups in total. The van der Waals surface area contributed by atoms with E-state index in [0.29, 0.717) is 22.4 Å². The first kappa shape index (κ1) is 16.1. The summed E-state index contributed by atoms with van der Waals surface area (Å²) in [6.07, 6.45) is -2.81. The summed E-state index contributed by atoms with van der Waals surface area (Å²) in [6, 6.07) is 6.32. The molecule has 0 saturated heterocycles. The van der Waals surface area contributed by atoms with Crippen molar-refractivity contribution in [3.05, 3.63) is 58.2 Å². The molecular weight excluding hydrogens is 351 g/mol. The van der Waals surface area contributed by atoms with Crippen molar-refractivity contribution in [1.82, 2.24) is 24.9 Å². The third-order valence-electron chi connectivity index (χ3n) is 3.76. The number of hydrogen-bond acceptors (Lipinski definition) is 5. The summed E-state index contributed by atoms with van der Waals surface area (Å²) < 4.78 is 44.2. The van der Waals surface area contributed by atoms with Crippen molar-refractivity contribution in [2.45, 2.75) is 13.1 Å². The second-order valence-electron chi connectivity index (χ2n) is 5.63. The fourth-order valence-corrected chi connectivity index (χ4v) is 2.58. The zero-order valence-electron chi connectivity index (χ0n) is 13.2. The maximum Gasteiger partial charge on any atom is 0.439 e. The molecule has 1 aromatic carbocycles. The molecular formula is C16H10F3N5O2. The van der Waals surface area contributed by atoms with Crippen LogP contribution in [0, 0.1) is 6.92 Å². The summed E-state index contributed by atoms with van der Waals surface area (Å²) in [6.45, 7) is 1.83. The van der Waals surface area contributed by atoms with Crippen molar-refractivity contribution in [3.63, 3.8) is 0 Å². The van der Waals surface area contributed by atoms with Crippen LogP contribution in [0.1, 0.15) is 11.1 Å². The van der Waals surface area contributed by atoms with E-state index in [1.54, 1.807) is 12.3 Å². The van der Waals surface area contributed by atoms with Gasteiger partial charge in [0.15, 0.2) is 5.65 Å². The van der Waals surface area contributed by atoms with Crippen LogP contribution in [0.25, 0.3) is 28.2 Å². The Kier molecular flexibility index (Phi) is 3.43. The van der Waals surface area contributed by atoms with Crippen molar-refractivity contribution >= 4 is 11.0 Å². The number of aryl methyl sites for hydroxylation is 1. The Morgan fingerprint density at radius 2 is 1.92 bits per heavy atom. The van der Waals surface area contributed by atoms with Gasteiger partial charge in [-0.3, -0.25) is 9.51 Å². The quantitative estimate of drug-likeness (QED) is 0.593. The summed E-state index contributed by atoms with van der Waals surface area (Å²) in [5, 5.41) is 8.56. The molecule has 0 fully saturated rings. The molecule has 4 aromatic rings. The number of nitrogens with one attached hydrogen (secondary N) is 1. The Balaban J connectivity index is 1.92. The zero-order chi connectivity index (χ0) is 18.5. The molecule has 3 heterocycles. The minimum atomic E-state index is -4.43. The minimum absolute atomic E-state index is 0.109. The first-order valence-electron chi connectivity index (χ1n) is 7.42. The van der Waals surface area contributed by atoms with E-state index < -0.39 is 17.5 Å². The Labute approximate surface area is 143 Å². The van der Waals surface area contributed by atoms with Gasteiger partial charge in [0.2, 0.25) is 5.82 Å². The predicted octanol–water partition coefficient (Wildman–Crippen LogP) is 3.09. The molecule has 0 spiro atoms. The fourth-order valence-electron chi connectivity index (χ4n) is 2.58. The van der Waals surface area contributed by atoms with E-state index in [2.05, 4.69) is 24.7 Å². The van der Waals surface area contributed by atoms with E-state index in [1.807, 2.05) is 6.92 Å². The van der Waals surface area contributed by atoms with Gasteiger partial charge in [-0.2, -0.15) is 18.3 Å². The highest BCUT2D eigenvalue weighted by Gasteiger charge is 2.30. The molecule has 3 aromatic heterocycles. The summed E-state index contributed by atoms with van der Waals surface area (Å²) in [5.41, 5.74) is 1.19. The SMILES string of the molecule is Cc1cnc2c(c1)c(-c1noc(=O)[nH]1)nn2-c1ccc(C(F)(F)F)cc1. The molecule has 0 atom stereocenters. The Morgan fingerprint density at radius 1 is 1.19 bits per heavy atom. The number of aromatic amines is 1. The predicted molar refractivity (Wildman–Crippen MR) is 84.7 cm³/mol. The summed E-state index contributed by atoms with van der Waals surface area (Å²) in [7, 11) is 0. The maximum absolute atomic E-state index is 12.8. The second kappa shape index (κ2) is 5.55. The molecule has 0 aliphatic heterocycles. The zero-order valence-corrected chi connectivity index (χ0v) is 13.2. The highest BCUT2D eigenvalue weighted by molar-refractivity contribution is 5.90. The minimum Gasteiger partial charge on any atom is -0.296 e. The third kappa shape index (κ3) is 2.65. The second-order valence-corrected chi connectivity index (χ2v) is 5.63. The molecule has 4 rings (SSSR count). The van der Waals surface area contributed by atoms with E-state index in [-0.39, 0.29) is 5.82 Å². The third-order valence-corrected chi connectivity index (χ3v) is 3.76. The number of hydrogen-bond donors (Lipinski definition) is 1. The molecule has 0 amide bonds. The number of fused-ring (bicyclic) bond motifs is 1. The number of H-pyrrole nitrogens is 1. The topological polar surface area (TPSA) is 89.6 Å². The van der Waals surface area contributed by atoms with Crippen LogP contribution in [0.3, 0.4) is 0 Å². The smallest absolute Gasteiger partial charge is 0.296 e. The van der Waals surface area contributed by atoms with Crippen LogP contribution in [0.15, 0.2) is 45.8 Å². The van der Waals surface area contributed by atoms with Crippen LogP contribution >= 0.6 is 0 Å². The molecule has 0 radical (unpaired) electrons. The van der Waals surface area contributed by atoms with E-state index in [4.69, 9.17) is 0 Å². The van der Waals surface area contributed by atoms with Crippen LogP contribution in [-0.2, 0) is 6.18 Å². The van der Waals surface area contributed by atoms with Crippen LogP contribution in [-0.4, -0.2) is 24.9 Å². The van der Waals surface area contributed by atoms with Gasteiger partial charge in [0, 0.05) is 6.20 Å². The normalized spacial score (nSPS) is 12.0. The summed E-state index contributed by atoms with van der Waals surface area (Å²) >= 11 is 0. The first-order valence-corrected chi connectivity index (χ1v) is 7.42. The molecule has 7 nitrogen and oxygen atoms in total. The lowest BCUT2D eigenvalue weighted by molar-refractivity contribution is -0.137. The average molecular weight is 361 g/mol. The Bertz CT molecular complexity index is 1160. The maximum atomic E-state index is 12.8. The number of rotatable bonds is 2. The summed E-state index contributed by atoms with van der Waals surface area (Å²) in [4.78, 5) is 18.0. The van der Waals surface area contributed by atoms with E-state index in [0.717, 1.165) is 17.7 Å². The fraction of sp³-hybridized carbons (Fsp3) is 0.125. The van der Waals surface area contributed by atoms with Gasteiger partial charge in [0.05, 0.1) is 16.6 Å². The van der Waals surface area contributed by atoms with E-state index >= 15 is 0 Å². The van der Waals surface area contributed by atoms with Crippen LogP contribution < -0.4 is 5.76 Å². The molecule has 0 aliphatic rings. The molecule has 26 heavy (non-hydrogen) atoms. The van der Waals surface area contributed by atoms with Crippen molar-refractivity contribution in [1.29, 1.82) is 0 Å². The van der Waals surface area contributed by atoms with Crippen LogP contribution in [0.2, 0.25) is 0 Å². The lowest BCUT2D eigenvalue weighted by atomic mass is 10.2. The van der Waals surface area contributed by atoms with Crippen molar-refractivity contribution < 1.29 is 17.7 Å². The van der Waals surface area contributed by atoms with Gasteiger partial charge in [0.1, 0.15) is 5.69 Å². The number of aromatic nitrogens is 5. The number of pyridine rings is 1. The largest absolute Gasteiger partial charge is 0.439 e. The number of alkyl halides is 3. The van der Waals surface area contributed by atoms with Gasteiger partial charge in [-0.15, -0.1) is 0 Å². The van der Waals surface area contributed by atoms with Gasteiger partial charge < -0.3 is 0 Å². The highest BCUT2D eigenvalue weighted by Crippen LogP contribution is 2.31. The lowest BCUT2D eigenvalue weighted by Gasteiger charge is -2.08. The van der Waals surface area contributed by atoms with Gasteiger partial charge >= 0.3 is 11.9 Å². The molecule has 0 aliphatic carbocycles. The molecule has 0 saturated carbocycles. The van der Waals surface area contributed by atoms with Crippen molar-refractivity contribution in [2.24, 2.45) is 0 Å². The van der Waals surface area contributed by atoms with Gasteiger partial charge in [-0.25, -0.2) is 14.5 Å². The van der Waals surface area contributed by atoms with Crippen LogP contribution in [0.4, 0.5) is 13.2 Å². The number of halogens is 3. The standard InChI is InChI=1S/C16H10F3N5O2/c1-8-6-11-12(13-21-15(25)26-23-13)22-24(14(11)20-7-8)10-4-2-9(3-5-10)16(17,18)19/h2-7H,1H3,(H,21,23,25). The molecule has 0 bridgehead atoms. The Hall–Kier alpha value is -3.43. The van der Waals surface area contributed by atoms with E-state index in [1.165, 1.54) is 16.8 Å². The average Bonchev–Trinajstić information content (AvgIpc) is 3.17. The van der Waals surface area contributed by atoms with Gasteiger partial charge in [-0.05, 0) is 42.8 Å². The highest BCUT2D eigenvalue weighted by atomic mass is 19.4. The Morgan fingerprint density at radius 3 is 2.54 bits per heavy atom. The molecule has 10 heteroatoms. The van der Waals surface area contributed by atoms with Crippen LogP contribution in [0.5, 0.6) is 0 Å². The van der Waals surface area contributed by atoms with Gasteiger partial charge in [0.25, 0.3) is 0 Å². The summed E-state index contributed by atoms with van der Waals surface area (Å²) in [5.74, 6) is -0.629. The molecule has 132 valence electrons. The van der Waals surface area contributed by atoms with Crippen molar-refractivity contribution in [2.75, 3.05) is 0 Å². The molecule has 0 unspecified atom stereocenters. The first-order chi connectivity index (χ1) is 12.3.